The summed E-state index contributed by atoms with van der Waals surface area (Å²) in [5.74, 6) is -1.85. The number of nitrogens with one attached hydrogen (secondary N) is 2. The van der Waals surface area contributed by atoms with Gasteiger partial charge in [0.1, 0.15) is 11.8 Å². The first kappa shape index (κ1) is 23.9. The van der Waals surface area contributed by atoms with Crippen LogP contribution in [-0.4, -0.2) is 42.1 Å². The Kier molecular flexibility index (Phi) is 8.84. The molecule has 7 heteroatoms. The van der Waals surface area contributed by atoms with Gasteiger partial charge in [-0.25, -0.2) is 4.79 Å². The molecule has 0 radical (unpaired) electrons. The lowest BCUT2D eigenvalue weighted by molar-refractivity contribution is -0.143. The first-order chi connectivity index (χ1) is 14.3. The number of benzene rings is 1. The maximum absolute atomic E-state index is 12.2. The second kappa shape index (κ2) is 11.1. The normalized spacial score (nSPS) is 20.3. The fraction of sp³-hybridized carbons (Fsp3) is 0.609. The summed E-state index contributed by atoms with van der Waals surface area (Å²) in [7, 11) is 0. The molecule has 0 spiro atoms. The van der Waals surface area contributed by atoms with Gasteiger partial charge < -0.3 is 20.5 Å². The molecule has 3 N–H and O–H groups in total. The highest BCUT2D eigenvalue weighted by atomic mass is 16.5. The molecule has 0 bridgehead atoms. The lowest BCUT2D eigenvalue weighted by Crippen LogP contribution is -2.44. The maximum Gasteiger partial charge on any atom is 0.326 e. The van der Waals surface area contributed by atoms with Crippen LogP contribution in [0, 0.1) is 5.92 Å². The Morgan fingerprint density at radius 2 is 2.00 bits per heavy atom. The molecular weight excluding hydrogens is 384 g/mol. The van der Waals surface area contributed by atoms with Crippen LogP contribution in [0.1, 0.15) is 64.9 Å². The lowest BCUT2D eigenvalue weighted by atomic mass is 9.74. The number of carboxylic acid groups (broad SMARTS) is 1. The van der Waals surface area contributed by atoms with Crippen LogP contribution in [-0.2, 0) is 19.8 Å². The molecule has 1 fully saturated rings. The van der Waals surface area contributed by atoms with Crippen molar-refractivity contribution in [2.45, 2.75) is 70.8 Å². The molecule has 0 saturated carbocycles. The molecule has 1 heterocycles. The number of aliphatic carboxylic acids is 1. The number of esters is 1. The smallest absolute Gasteiger partial charge is 0.326 e. The Labute approximate surface area is 178 Å². The number of carbonyl (C=O) groups excluding carboxylic acids is 2. The third-order valence-electron chi connectivity index (χ3n) is 5.88. The van der Waals surface area contributed by atoms with Crippen molar-refractivity contribution in [1.82, 2.24) is 10.6 Å². The van der Waals surface area contributed by atoms with Gasteiger partial charge in [0.05, 0.1) is 6.42 Å². The van der Waals surface area contributed by atoms with E-state index in [2.05, 4.69) is 23.6 Å². The van der Waals surface area contributed by atoms with Gasteiger partial charge in [-0.1, -0.05) is 39.3 Å². The standard InChI is InChI=1S/C23H34N2O5/c1-4-23(12-5-6-13-24-15-23)17-8-7-9-18(14-17)30-20(27)11-10-19(26)25-21(16(2)3)22(28)29/h7-9,14,16,21,24H,4-6,10-13,15H2,1-3H3,(H,25,26)(H,28,29). The Bertz CT molecular complexity index is 739. The predicted molar refractivity (Wildman–Crippen MR) is 114 cm³/mol. The SMILES string of the molecule is CCC1(c2cccc(OC(=O)CCC(=O)NC(C(=O)O)C(C)C)c2)CCCCNC1. The average molecular weight is 419 g/mol. The fourth-order valence-corrected chi connectivity index (χ4v) is 3.93. The summed E-state index contributed by atoms with van der Waals surface area (Å²) in [6, 6.07) is 6.68. The Hall–Kier alpha value is -2.41. The van der Waals surface area contributed by atoms with E-state index >= 15 is 0 Å². The summed E-state index contributed by atoms with van der Waals surface area (Å²) in [6.07, 6.45) is 4.19. The lowest BCUT2D eigenvalue weighted by Gasteiger charge is -2.32. The van der Waals surface area contributed by atoms with Gasteiger partial charge in [-0.2, -0.15) is 0 Å². The third-order valence-corrected chi connectivity index (χ3v) is 5.88. The van der Waals surface area contributed by atoms with Gasteiger partial charge in [0.25, 0.3) is 0 Å². The molecule has 1 saturated heterocycles. The van der Waals surface area contributed by atoms with Crippen molar-refractivity contribution >= 4 is 17.8 Å². The molecule has 7 nitrogen and oxygen atoms in total. The molecular formula is C23H34N2O5. The van der Waals surface area contributed by atoms with Gasteiger partial charge >= 0.3 is 11.9 Å². The molecule has 166 valence electrons. The van der Waals surface area contributed by atoms with Crippen molar-refractivity contribution < 1.29 is 24.2 Å². The molecule has 2 unspecified atom stereocenters. The molecule has 1 aliphatic rings. The molecule has 30 heavy (non-hydrogen) atoms. The zero-order chi connectivity index (χ0) is 22.1. The number of amides is 1. The fourth-order valence-electron chi connectivity index (χ4n) is 3.93. The molecule has 2 rings (SSSR count). The highest BCUT2D eigenvalue weighted by Gasteiger charge is 2.31. The van der Waals surface area contributed by atoms with E-state index in [4.69, 9.17) is 9.84 Å². The van der Waals surface area contributed by atoms with Gasteiger partial charge in [0.15, 0.2) is 0 Å². The van der Waals surface area contributed by atoms with Crippen LogP contribution in [0.2, 0.25) is 0 Å². The van der Waals surface area contributed by atoms with Crippen molar-refractivity contribution in [2.75, 3.05) is 13.1 Å². The Balaban J connectivity index is 1.95. The number of rotatable bonds is 9. The molecule has 1 amide bonds. The molecule has 2 atom stereocenters. The predicted octanol–water partition coefficient (Wildman–Crippen LogP) is 3.02. The molecule has 0 aromatic heterocycles. The summed E-state index contributed by atoms with van der Waals surface area (Å²) in [5, 5.41) is 15.1. The molecule has 1 aliphatic heterocycles. The molecule has 1 aromatic carbocycles. The largest absolute Gasteiger partial charge is 0.480 e. The molecule has 1 aromatic rings. The third kappa shape index (κ3) is 6.55. The number of carboxylic acids is 1. The summed E-state index contributed by atoms with van der Waals surface area (Å²) >= 11 is 0. The van der Waals surface area contributed by atoms with Gasteiger partial charge in [0.2, 0.25) is 5.91 Å². The van der Waals surface area contributed by atoms with Gasteiger partial charge in [-0.05, 0) is 49.4 Å². The zero-order valence-electron chi connectivity index (χ0n) is 18.2. The Morgan fingerprint density at radius 3 is 2.67 bits per heavy atom. The van der Waals surface area contributed by atoms with E-state index in [1.54, 1.807) is 19.9 Å². The quantitative estimate of drug-likeness (QED) is 0.421. The minimum Gasteiger partial charge on any atom is -0.480 e. The summed E-state index contributed by atoms with van der Waals surface area (Å²) in [6.45, 7) is 7.55. The second-order valence-electron chi connectivity index (χ2n) is 8.40. The minimum absolute atomic E-state index is 0.0293. The van der Waals surface area contributed by atoms with Gasteiger partial charge in [-0.3, -0.25) is 9.59 Å². The second-order valence-corrected chi connectivity index (χ2v) is 8.40. The average Bonchev–Trinajstić information content (AvgIpc) is 2.97. The van der Waals surface area contributed by atoms with Crippen molar-refractivity contribution in [2.24, 2.45) is 5.92 Å². The van der Waals surface area contributed by atoms with Gasteiger partial charge in [-0.15, -0.1) is 0 Å². The van der Waals surface area contributed by atoms with Gasteiger partial charge in [0, 0.05) is 18.4 Å². The summed E-state index contributed by atoms with van der Waals surface area (Å²) in [4.78, 5) is 35.4. The van der Waals surface area contributed by atoms with Crippen LogP contribution in [0.25, 0.3) is 0 Å². The maximum atomic E-state index is 12.2. The Morgan fingerprint density at radius 1 is 1.23 bits per heavy atom. The van der Waals surface area contributed by atoms with Crippen LogP contribution < -0.4 is 15.4 Å². The van der Waals surface area contributed by atoms with Crippen molar-refractivity contribution in [3.63, 3.8) is 0 Å². The number of ether oxygens (including phenoxy) is 1. The van der Waals surface area contributed by atoms with Crippen molar-refractivity contribution in [3.05, 3.63) is 29.8 Å². The van der Waals surface area contributed by atoms with E-state index in [1.807, 2.05) is 12.1 Å². The highest BCUT2D eigenvalue weighted by molar-refractivity contribution is 5.86. The van der Waals surface area contributed by atoms with Crippen molar-refractivity contribution in [3.8, 4) is 5.75 Å². The van der Waals surface area contributed by atoms with Crippen molar-refractivity contribution in [1.29, 1.82) is 0 Å². The van der Waals surface area contributed by atoms with Crippen LogP contribution in [0.5, 0.6) is 5.75 Å². The first-order valence-electron chi connectivity index (χ1n) is 10.8. The highest BCUT2D eigenvalue weighted by Crippen LogP contribution is 2.36. The van der Waals surface area contributed by atoms with Crippen LogP contribution in [0.15, 0.2) is 24.3 Å². The number of carbonyl (C=O) groups is 3. The summed E-state index contributed by atoms with van der Waals surface area (Å²) < 4.78 is 5.46. The monoisotopic (exact) mass is 418 g/mol. The summed E-state index contributed by atoms with van der Waals surface area (Å²) in [5.41, 5.74) is 1.19. The minimum atomic E-state index is -1.09. The van der Waals surface area contributed by atoms with E-state index in [0.29, 0.717) is 5.75 Å². The number of hydrogen-bond acceptors (Lipinski definition) is 5. The van der Waals surface area contributed by atoms with E-state index in [9.17, 15) is 14.4 Å². The van der Waals surface area contributed by atoms with E-state index in [-0.39, 0.29) is 24.2 Å². The number of hydrogen-bond donors (Lipinski definition) is 3. The zero-order valence-corrected chi connectivity index (χ0v) is 18.2. The van der Waals surface area contributed by atoms with E-state index in [0.717, 1.165) is 44.3 Å². The van der Waals surface area contributed by atoms with Crippen LogP contribution >= 0.6 is 0 Å². The van der Waals surface area contributed by atoms with E-state index in [1.165, 1.54) is 0 Å². The van der Waals surface area contributed by atoms with Crippen LogP contribution in [0.3, 0.4) is 0 Å². The van der Waals surface area contributed by atoms with E-state index < -0.39 is 23.9 Å². The van der Waals surface area contributed by atoms with Crippen LogP contribution in [0.4, 0.5) is 0 Å². The molecule has 0 aliphatic carbocycles. The topological polar surface area (TPSA) is 105 Å². The first-order valence-corrected chi connectivity index (χ1v) is 10.8.